The molecule has 0 radical (unpaired) electrons. The zero-order valence-electron chi connectivity index (χ0n) is 19.1. The van der Waals surface area contributed by atoms with E-state index in [-0.39, 0.29) is 11.7 Å². The maximum atomic E-state index is 13.1. The van der Waals surface area contributed by atoms with Crippen molar-refractivity contribution in [3.63, 3.8) is 0 Å². The predicted molar refractivity (Wildman–Crippen MR) is 120 cm³/mol. The van der Waals surface area contributed by atoms with Crippen molar-refractivity contribution in [1.29, 1.82) is 0 Å². The average molecular weight is 464 g/mol. The molecule has 174 valence electrons. The van der Waals surface area contributed by atoms with E-state index in [0.717, 1.165) is 0 Å². The number of carbonyl (C=O) groups is 4. The van der Waals surface area contributed by atoms with E-state index in [1.807, 2.05) is 0 Å². The molecule has 4 atom stereocenters. The van der Waals surface area contributed by atoms with Gasteiger partial charge in [0.1, 0.15) is 17.7 Å². The number of fused-ring (bicyclic) bond motifs is 2. The molecule has 9 nitrogen and oxygen atoms in total. The van der Waals surface area contributed by atoms with Gasteiger partial charge in [0.05, 0.1) is 5.69 Å². The van der Waals surface area contributed by atoms with Crippen molar-refractivity contribution < 1.29 is 28.7 Å². The van der Waals surface area contributed by atoms with E-state index in [0.29, 0.717) is 11.3 Å². The van der Waals surface area contributed by atoms with Crippen LogP contribution in [0.2, 0.25) is 0 Å². The van der Waals surface area contributed by atoms with Gasteiger partial charge in [-0.3, -0.25) is 9.59 Å². The summed E-state index contributed by atoms with van der Waals surface area (Å²) in [4.78, 5) is 52.6. The van der Waals surface area contributed by atoms with Gasteiger partial charge in [-0.1, -0.05) is 25.1 Å². The lowest BCUT2D eigenvalue weighted by Gasteiger charge is -2.27. The van der Waals surface area contributed by atoms with Crippen LogP contribution < -0.4 is 15.5 Å². The van der Waals surface area contributed by atoms with Crippen LogP contribution in [0, 0.1) is 5.92 Å². The number of hydrogen-bond donors (Lipinski definition) is 2. The number of nitrogens with zero attached hydrogens (tertiary/aromatic N) is 1. The third-order valence-electron chi connectivity index (χ3n) is 5.58. The van der Waals surface area contributed by atoms with Gasteiger partial charge in [0, 0.05) is 24.3 Å². The number of rotatable bonds is 5. The van der Waals surface area contributed by atoms with Crippen LogP contribution >= 0.6 is 11.8 Å². The van der Waals surface area contributed by atoms with E-state index in [1.54, 1.807) is 65.3 Å². The number of anilines is 1. The molecule has 2 heterocycles. The molecule has 1 aromatic rings. The van der Waals surface area contributed by atoms with Crippen LogP contribution in [0.5, 0.6) is 0 Å². The van der Waals surface area contributed by atoms with Crippen molar-refractivity contribution in [3.8, 4) is 0 Å². The first-order valence-electron chi connectivity index (χ1n) is 10.3. The molecule has 2 N–H and O–H groups in total. The number of benzene rings is 1. The van der Waals surface area contributed by atoms with Gasteiger partial charge in [-0.2, -0.15) is 11.8 Å². The maximum absolute atomic E-state index is 13.1. The molecule has 0 aromatic heterocycles. The van der Waals surface area contributed by atoms with Crippen LogP contribution in [-0.4, -0.2) is 60.6 Å². The van der Waals surface area contributed by atoms with Crippen LogP contribution in [0.3, 0.4) is 0 Å². The highest BCUT2D eigenvalue weighted by Crippen LogP contribution is 2.51. The highest BCUT2D eigenvalue weighted by Gasteiger charge is 2.64. The zero-order chi connectivity index (χ0) is 23.8. The summed E-state index contributed by atoms with van der Waals surface area (Å²) in [5.41, 5.74) is -0.953. The summed E-state index contributed by atoms with van der Waals surface area (Å²) in [6, 6.07) is 5.15. The quantitative estimate of drug-likeness (QED) is 0.640. The van der Waals surface area contributed by atoms with Gasteiger partial charge < -0.3 is 25.0 Å². The number of likely N-dealkylation sites (N-methyl/N-ethyl adjacent to an activating group) is 1. The molecule has 3 rings (SSSR count). The normalized spacial score (nSPS) is 25.4. The molecule has 32 heavy (non-hydrogen) atoms. The number of nitrogens with one attached hydrogen (secondary N) is 2. The van der Waals surface area contributed by atoms with Crippen molar-refractivity contribution in [2.75, 3.05) is 24.0 Å². The molecule has 0 saturated carbocycles. The van der Waals surface area contributed by atoms with Crippen molar-refractivity contribution in [3.05, 3.63) is 29.8 Å². The van der Waals surface area contributed by atoms with E-state index in [2.05, 4.69) is 10.6 Å². The molecule has 1 aromatic carbocycles. The monoisotopic (exact) mass is 463 g/mol. The molecular formula is C22H29N3O6S. The summed E-state index contributed by atoms with van der Waals surface area (Å²) in [5.74, 6) is -1.98. The number of para-hydroxylation sites is 1. The molecule has 3 amide bonds. The second-order valence-corrected chi connectivity index (χ2v) is 9.88. The standard InChI is InChI=1S/C22H29N3O6S/c1-12-16(24-17(26)14(11-32-6)23-20(29)31-21(2,3)4)18(27)30-22(12)13-9-7-8-10-15(13)25(5)19(22)28/h7-10,12,14,16H,11H2,1-6H3,(H,23,29)(H,24,26)/t12-,14+,16+,22+/m1/s1. The summed E-state index contributed by atoms with van der Waals surface area (Å²) in [6.07, 6.45) is 1.06. The molecule has 2 aliphatic heterocycles. The Morgan fingerprint density at radius 3 is 2.56 bits per heavy atom. The fraction of sp³-hybridized carbons (Fsp3) is 0.545. The summed E-state index contributed by atoms with van der Waals surface area (Å²) >= 11 is 1.36. The van der Waals surface area contributed by atoms with Crippen LogP contribution in [0.25, 0.3) is 0 Å². The summed E-state index contributed by atoms with van der Waals surface area (Å²) in [7, 11) is 1.63. The Balaban J connectivity index is 1.80. The molecular weight excluding hydrogens is 434 g/mol. The van der Waals surface area contributed by atoms with Gasteiger partial charge in [0.15, 0.2) is 0 Å². The highest BCUT2D eigenvalue weighted by atomic mass is 32.2. The van der Waals surface area contributed by atoms with E-state index in [4.69, 9.17) is 9.47 Å². The van der Waals surface area contributed by atoms with E-state index >= 15 is 0 Å². The van der Waals surface area contributed by atoms with Crippen LogP contribution in [0.1, 0.15) is 33.3 Å². The Morgan fingerprint density at radius 2 is 1.94 bits per heavy atom. The molecule has 0 bridgehead atoms. The number of ether oxygens (including phenoxy) is 2. The van der Waals surface area contributed by atoms with Crippen molar-refractivity contribution in [1.82, 2.24) is 10.6 Å². The number of hydrogen-bond acceptors (Lipinski definition) is 7. The van der Waals surface area contributed by atoms with Gasteiger partial charge in [-0.05, 0) is 33.1 Å². The lowest BCUT2D eigenvalue weighted by atomic mass is 9.81. The summed E-state index contributed by atoms with van der Waals surface area (Å²) < 4.78 is 10.9. The first kappa shape index (κ1) is 23.9. The Bertz CT molecular complexity index is 946. The third-order valence-corrected chi connectivity index (χ3v) is 6.25. The molecule has 2 aliphatic rings. The first-order chi connectivity index (χ1) is 14.9. The van der Waals surface area contributed by atoms with E-state index in [9.17, 15) is 19.2 Å². The first-order valence-corrected chi connectivity index (χ1v) is 11.7. The third kappa shape index (κ3) is 4.15. The van der Waals surface area contributed by atoms with Gasteiger partial charge in [-0.25, -0.2) is 9.59 Å². The largest absolute Gasteiger partial charge is 0.444 e. The summed E-state index contributed by atoms with van der Waals surface area (Å²) in [5, 5.41) is 5.23. The number of esters is 1. The maximum Gasteiger partial charge on any atom is 0.408 e. The van der Waals surface area contributed by atoms with Gasteiger partial charge in [-0.15, -0.1) is 0 Å². The lowest BCUT2D eigenvalue weighted by molar-refractivity contribution is -0.159. The van der Waals surface area contributed by atoms with Crippen LogP contribution in [-0.2, 0) is 29.5 Å². The van der Waals surface area contributed by atoms with Crippen LogP contribution in [0.15, 0.2) is 24.3 Å². The minimum Gasteiger partial charge on any atom is -0.444 e. The van der Waals surface area contributed by atoms with Crippen LogP contribution in [0.4, 0.5) is 10.5 Å². The second kappa shape index (κ2) is 8.65. The minimum atomic E-state index is -1.49. The Labute approximate surface area is 191 Å². The Kier molecular flexibility index (Phi) is 6.46. The fourth-order valence-corrected chi connectivity index (χ4v) is 4.65. The van der Waals surface area contributed by atoms with Gasteiger partial charge >= 0.3 is 12.1 Å². The zero-order valence-corrected chi connectivity index (χ0v) is 19.9. The minimum absolute atomic E-state index is 0.275. The lowest BCUT2D eigenvalue weighted by Crippen LogP contribution is -2.54. The van der Waals surface area contributed by atoms with E-state index < -0.39 is 47.2 Å². The van der Waals surface area contributed by atoms with Crippen molar-refractivity contribution in [2.24, 2.45) is 5.92 Å². The van der Waals surface area contributed by atoms with Crippen molar-refractivity contribution >= 4 is 41.3 Å². The van der Waals surface area contributed by atoms with E-state index in [1.165, 1.54) is 16.7 Å². The highest BCUT2D eigenvalue weighted by molar-refractivity contribution is 7.98. The number of alkyl carbamates (subject to hydrolysis) is 1. The molecule has 1 fully saturated rings. The number of thioether (sulfide) groups is 1. The van der Waals surface area contributed by atoms with Crippen molar-refractivity contribution in [2.45, 2.75) is 51.0 Å². The molecule has 1 spiro atoms. The topological polar surface area (TPSA) is 114 Å². The van der Waals surface area contributed by atoms with Gasteiger partial charge in [0.2, 0.25) is 11.5 Å². The molecule has 10 heteroatoms. The average Bonchev–Trinajstić information content (AvgIpc) is 3.07. The second-order valence-electron chi connectivity index (χ2n) is 8.97. The molecule has 1 saturated heterocycles. The fourth-order valence-electron chi connectivity index (χ4n) is 4.08. The Morgan fingerprint density at radius 1 is 1.28 bits per heavy atom. The van der Waals surface area contributed by atoms with Gasteiger partial charge in [0.25, 0.3) is 5.91 Å². The number of amides is 3. The smallest absolute Gasteiger partial charge is 0.408 e. The number of carbonyl (C=O) groups excluding carboxylic acids is 4. The molecule has 0 aliphatic carbocycles. The Hall–Kier alpha value is -2.75. The molecule has 0 unspecified atom stereocenters. The predicted octanol–water partition coefficient (Wildman–Crippen LogP) is 1.79. The summed E-state index contributed by atoms with van der Waals surface area (Å²) in [6.45, 7) is 6.87. The SMILES string of the molecule is CSC[C@H](NC(=O)OC(C)(C)C)C(=O)N[C@@H]1C(=O)O[C@@]2(C(=O)N(C)c3ccccc32)[C@@H]1C.